The van der Waals surface area contributed by atoms with Gasteiger partial charge in [-0.25, -0.2) is 0 Å². The molecule has 1 atom stereocenters. The van der Waals surface area contributed by atoms with E-state index >= 15 is 0 Å². The van der Waals surface area contributed by atoms with Crippen LogP contribution in [-0.2, 0) is 4.43 Å². The van der Waals surface area contributed by atoms with E-state index in [0.29, 0.717) is 12.1 Å². The maximum atomic E-state index is 6.09. The second-order valence-corrected chi connectivity index (χ2v) is 10.4. The minimum atomic E-state index is -1.36. The van der Waals surface area contributed by atoms with Gasteiger partial charge in [0, 0.05) is 19.1 Å². The lowest BCUT2D eigenvalue weighted by molar-refractivity contribution is -0.00980. The summed E-state index contributed by atoms with van der Waals surface area (Å²) < 4.78 is 6.09. The quantitative estimate of drug-likeness (QED) is 0.759. The molecule has 0 spiro atoms. The van der Waals surface area contributed by atoms with Gasteiger partial charge in [0.05, 0.1) is 6.10 Å². The predicted octanol–water partition coefficient (Wildman–Crippen LogP) is 3.28. The molecule has 2 rings (SSSR count). The number of hydrogen-bond donors (Lipinski definition) is 0. The first-order valence-corrected chi connectivity index (χ1v) is 9.83. The third-order valence-corrected chi connectivity index (χ3v) is 4.27. The van der Waals surface area contributed by atoms with Gasteiger partial charge in [0.1, 0.15) is 0 Å². The van der Waals surface area contributed by atoms with Crippen LogP contribution in [0.5, 0.6) is 0 Å². The third-order valence-electron chi connectivity index (χ3n) is 3.23. The molecule has 1 fully saturated rings. The fourth-order valence-corrected chi connectivity index (χ4v) is 3.45. The van der Waals surface area contributed by atoms with E-state index < -0.39 is 8.32 Å². The van der Waals surface area contributed by atoms with Crippen LogP contribution in [0.1, 0.15) is 18.5 Å². The number of rotatable bonds is 4. The zero-order chi connectivity index (χ0) is 12.5. The fraction of sp³-hybridized carbons (Fsp3) is 0.571. The first kappa shape index (κ1) is 12.8. The molecule has 0 aliphatic carbocycles. The Bertz CT molecular complexity index is 354. The summed E-state index contributed by atoms with van der Waals surface area (Å²) in [4.78, 5) is 2.49. The average Bonchev–Trinajstić information content (AvgIpc) is 2.22. The molecule has 0 radical (unpaired) electrons. The standard InChI is InChI=1S/C14H23NOSi/c1-12(13-8-6-5-7-9-13)15-10-14(11-15)16-17(2,3)4/h5-9,12,14H,10-11H2,1-4H3/t12-/m1/s1. The number of hydrogen-bond acceptors (Lipinski definition) is 2. The van der Waals surface area contributed by atoms with E-state index in [2.05, 4.69) is 61.8 Å². The summed E-state index contributed by atoms with van der Waals surface area (Å²) in [7, 11) is -1.36. The predicted molar refractivity (Wildman–Crippen MR) is 74.6 cm³/mol. The van der Waals surface area contributed by atoms with E-state index in [9.17, 15) is 0 Å². The van der Waals surface area contributed by atoms with Crippen molar-refractivity contribution >= 4 is 8.32 Å². The van der Waals surface area contributed by atoms with Crippen molar-refractivity contribution in [1.82, 2.24) is 4.90 Å². The molecular formula is C14H23NOSi. The van der Waals surface area contributed by atoms with Crippen molar-refractivity contribution in [3.8, 4) is 0 Å². The summed E-state index contributed by atoms with van der Waals surface area (Å²) in [6.45, 7) is 11.2. The van der Waals surface area contributed by atoms with Crippen molar-refractivity contribution in [2.45, 2.75) is 38.7 Å². The first-order chi connectivity index (χ1) is 7.96. The summed E-state index contributed by atoms with van der Waals surface area (Å²) in [5.41, 5.74) is 1.40. The highest BCUT2D eigenvalue weighted by Crippen LogP contribution is 2.27. The van der Waals surface area contributed by atoms with Crippen LogP contribution in [0.25, 0.3) is 0 Å². The van der Waals surface area contributed by atoms with Crippen molar-refractivity contribution in [3.63, 3.8) is 0 Å². The van der Waals surface area contributed by atoms with Gasteiger partial charge in [0.2, 0.25) is 0 Å². The molecule has 3 heteroatoms. The van der Waals surface area contributed by atoms with Gasteiger partial charge < -0.3 is 4.43 Å². The Morgan fingerprint density at radius 3 is 2.29 bits per heavy atom. The van der Waals surface area contributed by atoms with Crippen molar-refractivity contribution < 1.29 is 4.43 Å². The van der Waals surface area contributed by atoms with Crippen molar-refractivity contribution in [2.24, 2.45) is 0 Å². The molecule has 1 heterocycles. The Morgan fingerprint density at radius 2 is 1.76 bits per heavy atom. The number of likely N-dealkylation sites (tertiary alicyclic amines) is 1. The Kier molecular flexibility index (Phi) is 3.71. The van der Waals surface area contributed by atoms with Gasteiger partial charge >= 0.3 is 0 Å². The van der Waals surface area contributed by atoms with Gasteiger partial charge in [-0.1, -0.05) is 30.3 Å². The molecular weight excluding hydrogens is 226 g/mol. The summed E-state index contributed by atoms with van der Waals surface area (Å²) in [5.74, 6) is 0. The minimum absolute atomic E-state index is 0.466. The molecule has 1 aromatic rings. The minimum Gasteiger partial charge on any atom is -0.412 e. The molecule has 1 aromatic carbocycles. The lowest BCUT2D eigenvalue weighted by atomic mass is 10.0. The van der Waals surface area contributed by atoms with Gasteiger partial charge in [0.15, 0.2) is 8.32 Å². The smallest absolute Gasteiger partial charge is 0.184 e. The molecule has 0 N–H and O–H groups in total. The van der Waals surface area contributed by atoms with Crippen LogP contribution >= 0.6 is 0 Å². The van der Waals surface area contributed by atoms with Gasteiger partial charge in [-0.2, -0.15) is 0 Å². The van der Waals surface area contributed by atoms with Crippen molar-refractivity contribution in [2.75, 3.05) is 13.1 Å². The van der Waals surface area contributed by atoms with Gasteiger partial charge in [0.25, 0.3) is 0 Å². The maximum absolute atomic E-state index is 6.09. The zero-order valence-corrected chi connectivity index (χ0v) is 12.3. The topological polar surface area (TPSA) is 12.5 Å². The Labute approximate surface area is 106 Å². The van der Waals surface area contributed by atoms with Gasteiger partial charge in [-0.05, 0) is 32.1 Å². The lowest BCUT2D eigenvalue weighted by Crippen LogP contribution is -2.55. The fourth-order valence-electron chi connectivity index (χ4n) is 2.30. The highest BCUT2D eigenvalue weighted by atomic mass is 28.4. The van der Waals surface area contributed by atoms with Crippen molar-refractivity contribution in [3.05, 3.63) is 35.9 Å². The molecule has 1 aliphatic rings. The van der Waals surface area contributed by atoms with Gasteiger partial charge in [-0.3, -0.25) is 4.90 Å². The highest BCUT2D eigenvalue weighted by molar-refractivity contribution is 6.69. The Balaban J connectivity index is 1.84. The van der Waals surface area contributed by atoms with Crippen LogP contribution < -0.4 is 0 Å². The van der Waals surface area contributed by atoms with E-state index in [-0.39, 0.29) is 0 Å². The molecule has 1 aliphatic heterocycles. The normalized spacial score (nSPS) is 20.0. The van der Waals surface area contributed by atoms with Crippen molar-refractivity contribution in [1.29, 1.82) is 0 Å². The summed E-state index contributed by atoms with van der Waals surface area (Å²) in [5, 5.41) is 0. The van der Waals surface area contributed by atoms with Crippen LogP contribution in [0.2, 0.25) is 19.6 Å². The zero-order valence-electron chi connectivity index (χ0n) is 11.3. The molecule has 0 amide bonds. The molecule has 2 nitrogen and oxygen atoms in total. The Morgan fingerprint density at radius 1 is 1.18 bits per heavy atom. The van der Waals surface area contributed by atoms with E-state index in [1.165, 1.54) is 5.56 Å². The first-order valence-electron chi connectivity index (χ1n) is 6.42. The molecule has 1 saturated heterocycles. The van der Waals surface area contributed by atoms with Crippen LogP contribution in [0.4, 0.5) is 0 Å². The summed E-state index contributed by atoms with van der Waals surface area (Å²) in [6.07, 6.45) is 0.466. The molecule has 0 unspecified atom stereocenters. The largest absolute Gasteiger partial charge is 0.412 e. The van der Waals surface area contributed by atoms with Crippen LogP contribution in [0, 0.1) is 0 Å². The molecule has 0 saturated carbocycles. The summed E-state index contributed by atoms with van der Waals surface area (Å²) in [6, 6.07) is 11.2. The van der Waals surface area contributed by atoms with E-state index in [4.69, 9.17) is 4.43 Å². The second-order valence-electron chi connectivity index (χ2n) is 5.89. The van der Waals surface area contributed by atoms with Crippen LogP contribution in [0.3, 0.4) is 0 Å². The average molecular weight is 249 g/mol. The second kappa shape index (κ2) is 4.92. The van der Waals surface area contributed by atoms with E-state index in [0.717, 1.165) is 13.1 Å². The third kappa shape index (κ3) is 3.41. The van der Waals surface area contributed by atoms with E-state index in [1.54, 1.807) is 0 Å². The molecule has 0 aromatic heterocycles. The molecule has 0 bridgehead atoms. The molecule has 17 heavy (non-hydrogen) atoms. The highest BCUT2D eigenvalue weighted by Gasteiger charge is 2.34. The number of nitrogens with zero attached hydrogens (tertiary/aromatic N) is 1. The van der Waals surface area contributed by atoms with Gasteiger partial charge in [-0.15, -0.1) is 0 Å². The molecule has 94 valence electrons. The lowest BCUT2D eigenvalue weighted by Gasteiger charge is -2.45. The van der Waals surface area contributed by atoms with Crippen LogP contribution in [0.15, 0.2) is 30.3 Å². The Hall–Kier alpha value is -0.643. The summed E-state index contributed by atoms with van der Waals surface area (Å²) >= 11 is 0. The van der Waals surface area contributed by atoms with Crippen LogP contribution in [-0.4, -0.2) is 32.4 Å². The maximum Gasteiger partial charge on any atom is 0.184 e. The SMILES string of the molecule is C[C@H](c1ccccc1)N1CC(O[Si](C)(C)C)C1. The monoisotopic (exact) mass is 249 g/mol. The van der Waals surface area contributed by atoms with E-state index in [1.807, 2.05) is 0 Å². The number of benzene rings is 1.